The van der Waals surface area contributed by atoms with Gasteiger partial charge in [-0.2, -0.15) is 5.10 Å². The van der Waals surface area contributed by atoms with Crippen LogP contribution in [0.3, 0.4) is 0 Å². The Labute approximate surface area is 191 Å². The van der Waals surface area contributed by atoms with Crippen molar-refractivity contribution in [2.75, 3.05) is 19.8 Å². The van der Waals surface area contributed by atoms with E-state index < -0.39 is 0 Å². The van der Waals surface area contributed by atoms with Crippen molar-refractivity contribution >= 4 is 5.91 Å². The lowest BCUT2D eigenvalue weighted by Gasteiger charge is -2.25. The summed E-state index contributed by atoms with van der Waals surface area (Å²) in [6.07, 6.45) is 1.72. The van der Waals surface area contributed by atoms with Gasteiger partial charge in [-0.3, -0.25) is 9.59 Å². The van der Waals surface area contributed by atoms with E-state index in [0.717, 1.165) is 12.8 Å². The van der Waals surface area contributed by atoms with Gasteiger partial charge in [0.2, 0.25) is 0 Å². The van der Waals surface area contributed by atoms with Gasteiger partial charge in [-0.15, -0.1) is 0 Å². The Kier molecular flexibility index (Phi) is 7.47. The molecule has 1 atom stereocenters. The standard InChI is InChI=1S/C25H26FN3O4/c26-20-7-4-6-19(16-20)17-28(18-22-10-5-14-32-22)25(31)23-11-12-24(30)29(27-23)13-15-33-21-8-2-1-3-9-21/h1-4,6-9,11-12,16,22H,5,10,13-15,17-18H2. The molecule has 4 rings (SSSR count). The summed E-state index contributed by atoms with van der Waals surface area (Å²) < 4.78 is 26.3. The van der Waals surface area contributed by atoms with Crippen molar-refractivity contribution in [3.8, 4) is 5.75 Å². The number of aromatic nitrogens is 2. The van der Waals surface area contributed by atoms with Crippen LogP contribution in [0.15, 0.2) is 71.5 Å². The van der Waals surface area contributed by atoms with Crippen molar-refractivity contribution in [3.63, 3.8) is 0 Å². The number of rotatable bonds is 9. The topological polar surface area (TPSA) is 73.7 Å². The number of para-hydroxylation sites is 1. The van der Waals surface area contributed by atoms with Crippen LogP contribution in [0, 0.1) is 5.82 Å². The van der Waals surface area contributed by atoms with Crippen LogP contribution in [0.2, 0.25) is 0 Å². The van der Waals surface area contributed by atoms with E-state index in [1.807, 2.05) is 30.3 Å². The predicted molar refractivity (Wildman–Crippen MR) is 121 cm³/mol. The summed E-state index contributed by atoms with van der Waals surface area (Å²) in [6.45, 7) is 1.68. The van der Waals surface area contributed by atoms with Crippen molar-refractivity contribution in [1.29, 1.82) is 0 Å². The summed E-state index contributed by atoms with van der Waals surface area (Å²) in [5.41, 5.74) is 0.494. The molecule has 1 aromatic heterocycles. The quantitative estimate of drug-likeness (QED) is 0.499. The molecule has 1 saturated heterocycles. The number of carbonyl (C=O) groups excluding carboxylic acids is 1. The second kappa shape index (κ2) is 10.9. The van der Waals surface area contributed by atoms with E-state index in [4.69, 9.17) is 9.47 Å². The molecule has 1 aliphatic rings. The molecule has 1 amide bonds. The molecule has 0 bridgehead atoms. The van der Waals surface area contributed by atoms with Gasteiger partial charge in [0.1, 0.15) is 23.9 Å². The lowest BCUT2D eigenvalue weighted by molar-refractivity contribution is 0.0500. The second-order valence-corrected chi connectivity index (χ2v) is 7.89. The van der Waals surface area contributed by atoms with Gasteiger partial charge in [0.05, 0.1) is 12.6 Å². The van der Waals surface area contributed by atoms with Crippen LogP contribution in [0.25, 0.3) is 0 Å². The van der Waals surface area contributed by atoms with Crippen LogP contribution in [-0.2, 0) is 17.8 Å². The van der Waals surface area contributed by atoms with E-state index >= 15 is 0 Å². The van der Waals surface area contributed by atoms with Crippen LogP contribution in [0.4, 0.5) is 4.39 Å². The van der Waals surface area contributed by atoms with Crippen molar-refractivity contribution in [2.45, 2.75) is 32.0 Å². The number of hydrogen-bond donors (Lipinski definition) is 0. The summed E-state index contributed by atoms with van der Waals surface area (Å²) >= 11 is 0. The normalized spacial score (nSPS) is 15.4. The summed E-state index contributed by atoms with van der Waals surface area (Å²) in [5.74, 6) is -0.00907. The third-order valence-electron chi connectivity index (χ3n) is 5.40. The Hall–Kier alpha value is -3.52. The minimum atomic E-state index is -0.359. The number of amides is 1. The lowest BCUT2D eigenvalue weighted by Crippen LogP contribution is -2.38. The number of nitrogens with zero attached hydrogens (tertiary/aromatic N) is 3. The minimum Gasteiger partial charge on any atom is -0.492 e. The molecule has 0 N–H and O–H groups in total. The zero-order valence-corrected chi connectivity index (χ0v) is 18.2. The first kappa shape index (κ1) is 22.7. The fourth-order valence-corrected chi connectivity index (χ4v) is 3.76. The summed E-state index contributed by atoms with van der Waals surface area (Å²) in [6, 6.07) is 18.2. The van der Waals surface area contributed by atoms with Gasteiger partial charge in [-0.05, 0) is 48.7 Å². The van der Waals surface area contributed by atoms with Crippen molar-refractivity contribution in [1.82, 2.24) is 14.7 Å². The highest BCUT2D eigenvalue weighted by Crippen LogP contribution is 2.17. The van der Waals surface area contributed by atoms with Gasteiger partial charge in [0.25, 0.3) is 11.5 Å². The van der Waals surface area contributed by atoms with Gasteiger partial charge < -0.3 is 14.4 Å². The van der Waals surface area contributed by atoms with Crippen LogP contribution in [-0.4, -0.2) is 46.5 Å². The molecule has 2 aromatic carbocycles. The Balaban J connectivity index is 1.49. The molecule has 3 aromatic rings. The first-order valence-corrected chi connectivity index (χ1v) is 11.0. The summed E-state index contributed by atoms with van der Waals surface area (Å²) in [7, 11) is 0. The zero-order chi connectivity index (χ0) is 23.0. The zero-order valence-electron chi connectivity index (χ0n) is 18.2. The SMILES string of the molecule is O=C(c1ccc(=O)n(CCOc2ccccc2)n1)N(Cc1cccc(F)c1)CC1CCCO1. The number of carbonyl (C=O) groups is 1. The molecular weight excluding hydrogens is 425 g/mol. The van der Waals surface area contributed by atoms with Gasteiger partial charge in [0.15, 0.2) is 0 Å². The Bertz CT molecular complexity index is 1130. The van der Waals surface area contributed by atoms with Crippen LogP contribution in [0.1, 0.15) is 28.9 Å². The Morgan fingerprint density at radius 1 is 1.15 bits per heavy atom. The van der Waals surface area contributed by atoms with E-state index in [-0.39, 0.29) is 48.8 Å². The number of ether oxygens (including phenoxy) is 2. The average molecular weight is 451 g/mol. The molecule has 7 nitrogen and oxygen atoms in total. The maximum absolute atomic E-state index is 13.7. The first-order valence-electron chi connectivity index (χ1n) is 11.0. The van der Waals surface area contributed by atoms with Gasteiger partial charge in [0, 0.05) is 25.8 Å². The number of halogens is 1. The van der Waals surface area contributed by atoms with Crippen molar-refractivity contribution < 1.29 is 18.7 Å². The second-order valence-electron chi connectivity index (χ2n) is 7.89. The van der Waals surface area contributed by atoms with Crippen molar-refractivity contribution in [3.05, 3.63) is 94.2 Å². The molecule has 0 spiro atoms. The highest BCUT2D eigenvalue weighted by Gasteiger charge is 2.25. The fraction of sp³-hybridized carbons (Fsp3) is 0.320. The molecule has 33 heavy (non-hydrogen) atoms. The monoisotopic (exact) mass is 451 g/mol. The maximum Gasteiger partial charge on any atom is 0.274 e. The van der Waals surface area contributed by atoms with E-state index in [1.54, 1.807) is 17.0 Å². The third kappa shape index (κ3) is 6.26. The van der Waals surface area contributed by atoms with E-state index in [1.165, 1.54) is 28.9 Å². The first-order chi connectivity index (χ1) is 16.1. The van der Waals surface area contributed by atoms with Crippen LogP contribution in [0.5, 0.6) is 5.75 Å². The van der Waals surface area contributed by atoms with Crippen LogP contribution < -0.4 is 10.3 Å². The molecule has 1 aliphatic heterocycles. The van der Waals surface area contributed by atoms with E-state index in [9.17, 15) is 14.0 Å². The molecule has 0 saturated carbocycles. The molecule has 1 unspecified atom stereocenters. The minimum absolute atomic E-state index is 0.0762. The van der Waals surface area contributed by atoms with Gasteiger partial charge in [-0.1, -0.05) is 30.3 Å². The predicted octanol–water partition coefficient (Wildman–Crippen LogP) is 3.28. The molecular formula is C25H26FN3O4. The number of hydrogen-bond acceptors (Lipinski definition) is 5. The van der Waals surface area contributed by atoms with Gasteiger partial charge in [-0.25, -0.2) is 9.07 Å². The molecule has 0 aliphatic carbocycles. The average Bonchev–Trinajstić information content (AvgIpc) is 3.33. The van der Waals surface area contributed by atoms with E-state index in [2.05, 4.69) is 5.10 Å². The van der Waals surface area contributed by atoms with Crippen LogP contribution >= 0.6 is 0 Å². The lowest BCUT2D eigenvalue weighted by atomic mass is 10.1. The van der Waals surface area contributed by atoms with Crippen molar-refractivity contribution in [2.24, 2.45) is 0 Å². The number of benzene rings is 2. The highest BCUT2D eigenvalue weighted by atomic mass is 19.1. The largest absolute Gasteiger partial charge is 0.492 e. The Morgan fingerprint density at radius 3 is 2.76 bits per heavy atom. The molecule has 2 heterocycles. The summed E-state index contributed by atoms with van der Waals surface area (Å²) in [4.78, 5) is 27.2. The highest BCUT2D eigenvalue weighted by molar-refractivity contribution is 5.92. The third-order valence-corrected chi connectivity index (χ3v) is 5.40. The molecule has 172 valence electrons. The van der Waals surface area contributed by atoms with Gasteiger partial charge >= 0.3 is 0 Å². The van der Waals surface area contributed by atoms with E-state index in [0.29, 0.717) is 24.5 Å². The maximum atomic E-state index is 13.7. The smallest absolute Gasteiger partial charge is 0.274 e. The molecule has 8 heteroatoms. The Morgan fingerprint density at radius 2 is 2.00 bits per heavy atom. The molecule has 0 radical (unpaired) electrons. The summed E-state index contributed by atoms with van der Waals surface area (Å²) in [5, 5.41) is 4.28. The fourth-order valence-electron chi connectivity index (χ4n) is 3.76. The molecule has 1 fully saturated rings.